The number of amides is 1. The molecule has 0 saturated heterocycles. The van der Waals surface area contributed by atoms with Crippen LogP contribution in [-0.4, -0.2) is 47.1 Å². The van der Waals surface area contributed by atoms with E-state index in [4.69, 9.17) is 15.9 Å². The lowest BCUT2D eigenvalue weighted by Crippen LogP contribution is -2.42. The number of sulfonamides is 1. The van der Waals surface area contributed by atoms with E-state index in [1.165, 1.54) is 7.05 Å². The summed E-state index contributed by atoms with van der Waals surface area (Å²) in [6.45, 7) is 0. The summed E-state index contributed by atoms with van der Waals surface area (Å²) in [5, 5.41) is 17.4. The lowest BCUT2D eigenvalue weighted by Gasteiger charge is -2.11. The number of carboxylic acids is 2. The molecule has 116 valence electrons. The molecule has 10 nitrogen and oxygen atoms in total. The number of aromatic nitrogens is 1. The lowest BCUT2D eigenvalue weighted by atomic mass is 10.2. The molecule has 0 bridgehead atoms. The van der Waals surface area contributed by atoms with Crippen LogP contribution in [0.2, 0.25) is 0 Å². The first-order valence-corrected chi connectivity index (χ1v) is 6.96. The summed E-state index contributed by atoms with van der Waals surface area (Å²) >= 11 is 0. The molecule has 0 fully saturated rings. The predicted molar refractivity (Wildman–Crippen MR) is 67.9 cm³/mol. The van der Waals surface area contributed by atoms with Gasteiger partial charge in [0.2, 0.25) is 10.0 Å². The van der Waals surface area contributed by atoms with E-state index in [0.29, 0.717) is 0 Å². The van der Waals surface area contributed by atoms with Crippen molar-refractivity contribution < 1.29 is 33.0 Å². The molecule has 1 rings (SSSR count). The minimum absolute atomic E-state index is 0.0968. The molecular weight excluding hydrogens is 306 g/mol. The standard InChI is InChI=1S/C10H13N3O7S/c1-13-4-5(2-7(13)9(11)16)21(19,20)12-6(10(17)18)3-8(14)15/h2,4,6,12H,3H2,1H3,(H2,11,16)(H,14,15)(H,17,18)/t6-/m0/s1. The zero-order valence-corrected chi connectivity index (χ0v) is 11.6. The topological polar surface area (TPSA) is 169 Å². The summed E-state index contributed by atoms with van der Waals surface area (Å²) in [6, 6.07) is -0.866. The van der Waals surface area contributed by atoms with Crippen LogP contribution in [0.1, 0.15) is 16.9 Å². The van der Waals surface area contributed by atoms with Crippen LogP contribution in [0.3, 0.4) is 0 Å². The highest BCUT2D eigenvalue weighted by Gasteiger charge is 2.28. The van der Waals surface area contributed by atoms with E-state index in [0.717, 1.165) is 16.8 Å². The van der Waals surface area contributed by atoms with Gasteiger partial charge in [-0.15, -0.1) is 0 Å². The van der Waals surface area contributed by atoms with Gasteiger partial charge in [0.1, 0.15) is 16.6 Å². The van der Waals surface area contributed by atoms with Crippen molar-refractivity contribution in [2.24, 2.45) is 12.8 Å². The number of rotatable bonds is 7. The Morgan fingerprint density at radius 3 is 2.33 bits per heavy atom. The fourth-order valence-electron chi connectivity index (χ4n) is 1.54. The molecule has 1 amide bonds. The SMILES string of the molecule is Cn1cc(S(=O)(=O)N[C@@H](CC(=O)O)C(=O)O)cc1C(N)=O. The van der Waals surface area contributed by atoms with Crippen molar-refractivity contribution in [3.63, 3.8) is 0 Å². The predicted octanol–water partition coefficient (Wildman–Crippen LogP) is -1.67. The molecule has 1 aromatic heterocycles. The highest BCUT2D eigenvalue weighted by atomic mass is 32.2. The number of carboxylic acid groups (broad SMARTS) is 2. The van der Waals surface area contributed by atoms with E-state index in [-0.39, 0.29) is 5.69 Å². The number of carbonyl (C=O) groups excluding carboxylic acids is 1. The number of aryl methyl sites for hydroxylation is 1. The van der Waals surface area contributed by atoms with Crippen LogP contribution in [0.4, 0.5) is 0 Å². The first-order valence-electron chi connectivity index (χ1n) is 5.47. The Labute approximate surface area is 119 Å². The maximum absolute atomic E-state index is 12.0. The fourth-order valence-corrected chi connectivity index (χ4v) is 2.79. The first kappa shape index (κ1) is 16.7. The Kier molecular flexibility index (Phi) is 4.70. The van der Waals surface area contributed by atoms with Crippen LogP contribution in [0.5, 0.6) is 0 Å². The van der Waals surface area contributed by atoms with Crippen LogP contribution in [-0.2, 0) is 26.7 Å². The summed E-state index contributed by atoms with van der Waals surface area (Å²) in [6.07, 6.45) is 0.131. The van der Waals surface area contributed by atoms with Crippen molar-refractivity contribution in [3.8, 4) is 0 Å². The van der Waals surface area contributed by atoms with Crippen molar-refractivity contribution in [2.45, 2.75) is 17.4 Å². The number of nitrogens with two attached hydrogens (primary N) is 1. The number of nitrogens with zero attached hydrogens (tertiary/aromatic N) is 1. The van der Waals surface area contributed by atoms with Crippen LogP contribution in [0, 0.1) is 0 Å². The van der Waals surface area contributed by atoms with Gasteiger partial charge in [0.05, 0.1) is 6.42 Å². The molecule has 0 aliphatic rings. The second-order valence-corrected chi connectivity index (χ2v) is 5.86. The van der Waals surface area contributed by atoms with Gasteiger partial charge in [-0.2, -0.15) is 4.72 Å². The molecule has 1 aromatic rings. The van der Waals surface area contributed by atoms with Crippen molar-refractivity contribution in [1.82, 2.24) is 9.29 Å². The zero-order chi connectivity index (χ0) is 16.4. The average molecular weight is 319 g/mol. The third-order valence-electron chi connectivity index (χ3n) is 2.52. The Balaban J connectivity index is 3.10. The van der Waals surface area contributed by atoms with Crippen molar-refractivity contribution in [3.05, 3.63) is 18.0 Å². The monoisotopic (exact) mass is 319 g/mol. The van der Waals surface area contributed by atoms with E-state index < -0.39 is 45.2 Å². The Bertz CT molecular complexity index is 692. The van der Waals surface area contributed by atoms with Crippen molar-refractivity contribution in [1.29, 1.82) is 0 Å². The van der Waals surface area contributed by atoms with Gasteiger partial charge in [0, 0.05) is 13.2 Å². The second kappa shape index (κ2) is 5.93. The minimum atomic E-state index is -4.31. The molecule has 0 radical (unpaired) electrons. The molecule has 1 heterocycles. The Hall–Kier alpha value is -2.40. The number of carbonyl (C=O) groups is 3. The Morgan fingerprint density at radius 1 is 1.38 bits per heavy atom. The smallest absolute Gasteiger partial charge is 0.322 e. The highest BCUT2D eigenvalue weighted by Crippen LogP contribution is 2.14. The average Bonchev–Trinajstić information content (AvgIpc) is 2.70. The van der Waals surface area contributed by atoms with Gasteiger partial charge in [0.25, 0.3) is 5.91 Å². The fraction of sp³-hybridized carbons (Fsp3) is 0.300. The molecule has 0 saturated carbocycles. The molecule has 0 spiro atoms. The first-order chi connectivity index (χ1) is 9.54. The molecule has 1 atom stereocenters. The summed E-state index contributed by atoms with van der Waals surface area (Å²) in [4.78, 5) is 32.0. The largest absolute Gasteiger partial charge is 0.481 e. The summed E-state index contributed by atoms with van der Waals surface area (Å²) < 4.78 is 26.9. The normalized spacial score (nSPS) is 12.8. The van der Waals surface area contributed by atoms with Crippen molar-refractivity contribution in [2.75, 3.05) is 0 Å². The maximum Gasteiger partial charge on any atom is 0.322 e. The molecule has 21 heavy (non-hydrogen) atoms. The van der Waals surface area contributed by atoms with E-state index >= 15 is 0 Å². The van der Waals surface area contributed by atoms with Crippen LogP contribution < -0.4 is 10.5 Å². The molecule has 0 aliphatic carbocycles. The zero-order valence-electron chi connectivity index (χ0n) is 10.8. The molecule has 0 aliphatic heterocycles. The van der Waals surface area contributed by atoms with Gasteiger partial charge in [-0.3, -0.25) is 14.4 Å². The number of hydrogen-bond donors (Lipinski definition) is 4. The molecule has 11 heteroatoms. The van der Waals surface area contributed by atoms with Crippen LogP contribution >= 0.6 is 0 Å². The highest BCUT2D eigenvalue weighted by molar-refractivity contribution is 7.89. The van der Waals surface area contributed by atoms with E-state index in [9.17, 15) is 22.8 Å². The number of aliphatic carboxylic acids is 2. The minimum Gasteiger partial charge on any atom is -0.481 e. The van der Waals surface area contributed by atoms with Gasteiger partial charge in [-0.1, -0.05) is 0 Å². The third kappa shape index (κ3) is 4.03. The lowest BCUT2D eigenvalue weighted by molar-refractivity contribution is -0.145. The van der Waals surface area contributed by atoms with Crippen LogP contribution in [0.25, 0.3) is 0 Å². The number of hydrogen-bond acceptors (Lipinski definition) is 5. The van der Waals surface area contributed by atoms with E-state index in [1.54, 1.807) is 4.72 Å². The summed E-state index contributed by atoms with van der Waals surface area (Å²) in [7, 11) is -2.93. The molecule has 0 aromatic carbocycles. The summed E-state index contributed by atoms with van der Waals surface area (Å²) in [5.41, 5.74) is 4.94. The van der Waals surface area contributed by atoms with Gasteiger partial charge < -0.3 is 20.5 Å². The van der Waals surface area contributed by atoms with Gasteiger partial charge >= 0.3 is 11.9 Å². The molecular formula is C10H13N3O7S. The molecule has 5 N–H and O–H groups in total. The van der Waals surface area contributed by atoms with E-state index in [1.807, 2.05) is 0 Å². The van der Waals surface area contributed by atoms with Gasteiger partial charge in [0.15, 0.2) is 0 Å². The van der Waals surface area contributed by atoms with Crippen LogP contribution in [0.15, 0.2) is 17.2 Å². The maximum atomic E-state index is 12.0. The molecule has 0 unspecified atom stereocenters. The van der Waals surface area contributed by atoms with E-state index in [2.05, 4.69) is 0 Å². The number of primary amides is 1. The summed E-state index contributed by atoms with van der Waals surface area (Å²) in [5.74, 6) is -3.97. The van der Waals surface area contributed by atoms with Crippen molar-refractivity contribution >= 4 is 27.9 Å². The number of nitrogens with one attached hydrogen (secondary N) is 1. The second-order valence-electron chi connectivity index (χ2n) is 4.15. The van der Waals surface area contributed by atoms with Gasteiger partial charge in [-0.05, 0) is 6.07 Å². The van der Waals surface area contributed by atoms with Gasteiger partial charge in [-0.25, -0.2) is 8.42 Å². The quantitative estimate of drug-likeness (QED) is 0.465. The Morgan fingerprint density at radius 2 is 1.95 bits per heavy atom. The third-order valence-corrected chi connectivity index (χ3v) is 3.96.